The molecule has 1 aromatic carbocycles. The number of fused-ring (bicyclic) bond motifs is 2. The summed E-state index contributed by atoms with van der Waals surface area (Å²) in [5.74, 6) is -0.261. The van der Waals surface area contributed by atoms with E-state index >= 15 is 0 Å². The quantitative estimate of drug-likeness (QED) is 0.607. The Labute approximate surface area is 183 Å². The number of aromatic nitrogens is 1. The smallest absolute Gasteiger partial charge is 0.325 e. The Morgan fingerprint density at radius 1 is 1.26 bits per heavy atom. The van der Waals surface area contributed by atoms with Crippen LogP contribution in [0.5, 0.6) is 11.5 Å². The van der Waals surface area contributed by atoms with Crippen molar-refractivity contribution in [2.24, 2.45) is 10.9 Å². The molecule has 1 amide bonds. The minimum atomic E-state index is -3.37. The first-order chi connectivity index (χ1) is 14.8. The molecule has 4 rings (SSSR count). The molecule has 0 N–H and O–H groups in total. The van der Waals surface area contributed by atoms with E-state index in [1.54, 1.807) is 16.7 Å². The number of hydrogen-bond acceptors (Lipinski definition) is 8. The summed E-state index contributed by atoms with van der Waals surface area (Å²) in [4.78, 5) is 29.5. The zero-order chi connectivity index (χ0) is 22.2. The fourth-order valence-electron chi connectivity index (χ4n) is 3.67. The highest BCUT2D eigenvalue weighted by Gasteiger charge is 2.30. The van der Waals surface area contributed by atoms with E-state index < -0.39 is 27.8 Å². The van der Waals surface area contributed by atoms with E-state index in [9.17, 15) is 18.0 Å². The largest absolute Gasteiger partial charge is 0.486 e. The molecule has 1 saturated heterocycles. The van der Waals surface area contributed by atoms with Gasteiger partial charge in [0.25, 0.3) is 5.91 Å². The molecule has 1 atom stereocenters. The number of carbonyl (C=O) groups excluding carboxylic acids is 2. The van der Waals surface area contributed by atoms with Gasteiger partial charge in [-0.1, -0.05) is 11.3 Å². The summed E-state index contributed by atoms with van der Waals surface area (Å²) in [5, 5.41) is 0. The van der Waals surface area contributed by atoms with Crippen LogP contribution >= 0.6 is 11.3 Å². The Morgan fingerprint density at radius 2 is 1.97 bits per heavy atom. The van der Waals surface area contributed by atoms with Crippen LogP contribution in [0, 0.1) is 5.92 Å². The van der Waals surface area contributed by atoms with Gasteiger partial charge < -0.3 is 18.8 Å². The van der Waals surface area contributed by atoms with Crippen molar-refractivity contribution < 1.29 is 32.2 Å². The average molecular weight is 470 g/mol. The maximum Gasteiger partial charge on any atom is 0.325 e. The summed E-state index contributed by atoms with van der Waals surface area (Å²) in [6, 6.07) is 3.57. The van der Waals surface area contributed by atoms with Gasteiger partial charge in [0, 0.05) is 25.2 Å². The third-order valence-electron chi connectivity index (χ3n) is 5.27. The lowest BCUT2D eigenvalue weighted by Gasteiger charge is -2.28. The van der Waals surface area contributed by atoms with Crippen molar-refractivity contribution in [3.8, 4) is 11.5 Å². The van der Waals surface area contributed by atoms with Gasteiger partial charge in [0.05, 0.1) is 29.5 Å². The fourth-order valence-corrected chi connectivity index (χ4v) is 5.63. The number of hydrogen-bond donors (Lipinski definition) is 0. The zero-order valence-corrected chi connectivity index (χ0v) is 18.8. The fraction of sp³-hybridized carbons (Fsp3) is 0.526. The van der Waals surface area contributed by atoms with Gasteiger partial charge in [-0.05, 0) is 12.8 Å². The average Bonchev–Trinajstić information content (AvgIpc) is 3.07. The molecule has 12 heteroatoms. The lowest BCUT2D eigenvalue weighted by molar-refractivity contribution is -0.141. The highest BCUT2D eigenvalue weighted by Crippen LogP contribution is 2.35. The molecule has 0 spiro atoms. The van der Waals surface area contributed by atoms with Crippen molar-refractivity contribution in [2.45, 2.75) is 19.4 Å². The topological polar surface area (TPSA) is 116 Å². The van der Waals surface area contributed by atoms with E-state index in [1.807, 2.05) is 0 Å². The number of sulfonamides is 1. The molecule has 0 bridgehead atoms. The number of ether oxygens (including phenoxy) is 3. The van der Waals surface area contributed by atoms with Gasteiger partial charge in [0.2, 0.25) is 10.0 Å². The summed E-state index contributed by atoms with van der Waals surface area (Å²) in [7, 11) is -2.08. The van der Waals surface area contributed by atoms with E-state index in [1.165, 1.54) is 22.8 Å². The SMILES string of the molecule is COC(=O)Cn1c(=NC(=O)C2CCCN(S(C)(=O)=O)C2)sc2cc3c(cc21)OCCO3. The molecule has 168 valence electrons. The Kier molecular flexibility index (Phi) is 6.04. The maximum absolute atomic E-state index is 12.9. The van der Waals surface area contributed by atoms with E-state index in [2.05, 4.69) is 4.99 Å². The van der Waals surface area contributed by atoms with Crippen molar-refractivity contribution in [2.75, 3.05) is 39.7 Å². The molecule has 31 heavy (non-hydrogen) atoms. The number of nitrogens with zero attached hydrogens (tertiary/aromatic N) is 3. The molecule has 2 aliphatic heterocycles. The molecule has 0 saturated carbocycles. The van der Waals surface area contributed by atoms with Crippen LogP contribution < -0.4 is 14.3 Å². The highest BCUT2D eigenvalue weighted by atomic mass is 32.2. The third-order valence-corrected chi connectivity index (χ3v) is 7.58. The van der Waals surface area contributed by atoms with Crippen LogP contribution in [-0.2, 0) is 30.9 Å². The molecule has 2 aliphatic rings. The van der Waals surface area contributed by atoms with Crippen molar-refractivity contribution in [3.63, 3.8) is 0 Å². The van der Waals surface area contributed by atoms with Crippen LogP contribution in [0.15, 0.2) is 17.1 Å². The predicted molar refractivity (Wildman–Crippen MR) is 113 cm³/mol. The Hall–Kier alpha value is -2.44. The third kappa shape index (κ3) is 4.60. The molecular formula is C19H23N3O7S2. The molecule has 1 fully saturated rings. The number of carbonyl (C=O) groups is 2. The maximum atomic E-state index is 12.9. The number of rotatable bonds is 4. The van der Waals surface area contributed by atoms with Crippen molar-refractivity contribution in [3.05, 3.63) is 16.9 Å². The van der Waals surface area contributed by atoms with Crippen LogP contribution in [0.2, 0.25) is 0 Å². The first-order valence-electron chi connectivity index (χ1n) is 9.80. The number of amides is 1. The lowest BCUT2D eigenvalue weighted by atomic mass is 9.99. The predicted octanol–water partition coefficient (Wildman–Crippen LogP) is 0.746. The Morgan fingerprint density at radius 3 is 2.65 bits per heavy atom. The van der Waals surface area contributed by atoms with Crippen LogP contribution in [0.25, 0.3) is 10.2 Å². The van der Waals surface area contributed by atoms with Gasteiger partial charge in [0.1, 0.15) is 19.8 Å². The Bertz CT molecular complexity index is 1200. The van der Waals surface area contributed by atoms with Crippen molar-refractivity contribution >= 4 is 43.5 Å². The highest BCUT2D eigenvalue weighted by molar-refractivity contribution is 7.88. The normalized spacial score (nSPS) is 20.1. The van der Waals surface area contributed by atoms with Crippen molar-refractivity contribution in [1.82, 2.24) is 8.87 Å². The molecule has 3 heterocycles. The second-order valence-corrected chi connectivity index (χ2v) is 10.4. The van der Waals surface area contributed by atoms with Gasteiger partial charge in [0.15, 0.2) is 16.3 Å². The Balaban J connectivity index is 1.74. The first-order valence-corrected chi connectivity index (χ1v) is 12.5. The van der Waals surface area contributed by atoms with E-state index in [-0.39, 0.29) is 13.1 Å². The van der Waals surface area contributed by atoms with Gasteiger partial charge in [-0.25, -0.2) is 12.7 Å². The standard InChI is InChI=1S/C19H23N3O7S2/c1-27-17(23)11-22-13-8-14-15(29-7-6-28-14)9-16(13)30-19(22)20-18(24)12-4-3-5-21(10-12)31(2,25)26/h8-9,12H,3-7,10-11H2,1-2H3. The second kappa shape index (κ2) is 8.60. The van der Waals surface area contributed by atoms with Gasteiger partial charge in [-0.15, -0.1) is 0 Å². The number of esters is 1. The van der Waals surface area contributed by atoms with E-state index in [4.69, 9.17) is 14.2 Å². The van der Waals surface area contributed by atoms with Crippen LogP contribution in [0.3, 0.4) is 0 Å². The number of methoxy groups -OCH3 is 1. The lowest BCUT2D eigenvalue weighted by Crippen LogP contribution is -2.41. The summed E-state index contributed by atoms with van der Waals surface area (Å²) in [6.45, 7) is 1.26. The molecule has 0 aliphatic carbocycles. The zero-order valence-electron chi connectivity index (χ0n) is 17.2. The molecule has 0 radical (unpaired) electrons. The first kappa shape index (κ1) is 21.8. The summed E-state index contributed by atoms with van der Waals surface area (Å²) < 4.78 is 43.5. The molecular weight excluding hydrogens is 446 g/mol. The summed E-state index contributed by atoms with van der Waals surface area (Å²) in [6.07, 6.45) is 2.29. The van der Waals surface area contributed by atoms with Crippen LogP contribution in [0.1, 0.15) is 12.8 Å². The summed E-state index contributed by atoms with van der Waals surface area (Å²) in [5.41, 5.74) is 0.674. The van der Waals surface area contributed by atoms with Crippen LogP contribution in [-0.4, -0.2) is 68.8 Å². The minimum Gasteiger partial charge on any atom is -0.486 e. The van der Waals surface area contributed by atoms with Gasteiger partial charge >= 0.3 is 5.97 Å². The monoisotopic (exact) mass is 469 g/mol. The van der Waals surface area contributed by atoms with E-state index in [0.29, 0.717) is 54.4 Å². The molecule has 2 aromatic rings. The molecule has 1 aromatic heterocycles. The number of piperidine rings is 1. The second-order valence-electron chi connectivity index (χ2n) is 7.42. The number of benzene rings is 1. The van der Waals surface area contributed by atoms with E-state index in [0.717, 1.165) is 11.0 Å². The number of thiazole rings is 1. The van der Waals surface area contributed by atoms with Gasteiger partial charge in [-0.3, -0.25) is 9.59 Å². The van der Waals surface area contributed by atoms with Gasteiger partial charge in [-0.2, -0.15) is 4.99 Å². The summed E-state index contributed by atoms with van der Waals surface area (Å²) >= 11 is 1.25. The molecule has 1 unspecified atom stereocenters. The molecule has 10 nitrogen and oxygen atoms in total. The van der Waals surface area contributed by atoms with Crippen molar-refractivity contribution in [1.29, 1.82) is 0 Å². The van der Waals surface area contributed by atoms with Crippen LogP contribution in [0.4, 0.5) is 0 Å². The minimum absolute atomic E-state index is 0.110.